The highest BCUT2D eigenvalue weighted by atomic mass is 19.1. The molecule has 4 rings (SSSR count). The molecule has 3 aromatic carbocycles. The Balaban J connectivity index is 1.40. The van der Waals surface area contributed by atoms with Gasteiger partial charge in [0.15, 0.2) is 0 Å². The van der Waals surface area contributed by atoms with E-state index >= 15 is 0 Å². The second-order valence-electron chi connectivity index (χ2n) is 8.14. The Morgan fingerprint density at radius 2 is 1.71 bits per heavy atom. The molecule has 0 aromatic heterocycles. The monoisotopic (exact) mass is 419 g/mol. The van der Waals surface area contributed by atoms with Crippen LogP contribution in [0.15, 0.2) is 72.8 Å². The summed E-state index contributed by atoms with van der Waals surface area (Å²) < 4.78 is 25.7. The van der Waals surface area contributed by atoms with Crippen molar-refractivity contribution >= 4 is 5.97 Å². The van der Waals surface area contributed by atoms with Crippen LogP contribution in [-0.2, 0) is 29.2 Å². The van der Waals surface area contributed by atoms with Crippen LogP contribution in [0.25, 0.3) is 0 Å². The van der Waals surface area contributed by atoms with Crippen molar-refractivity contribution in [3.8, 4) is 11.5 Å². The van der Waals surface area contributed by atoms with E-state index in [0.29, 0.717) is 24.4 Å². The van der Waals surface area contributed by atoms with Crippen LogP contribution in [0.2, 0.25) is 0 Å². The average Bonchev–Trinajstić information content (AvgIpc) is 3.18. The summed E-state index contributed by atoms with van der Waals surface area (Å²) in [5.41, 5.74) is 2.45. The highest BCUT2D eigenvalue weighted by Crippen LogP contribution is 2.29. The summed E-state index contributed by atoms with van der Waals surface area (Å²) in [7, 11) is 0. The van der Waals surface area contributed by atoms with Gasteiger partial charge in [0.1, 0.15) is 30.0 Å². The largest absolute Gasteiger partial charge is 0.460 e. The molecule has 1 heterocycles. The minimum absolute atomic E-state index is 0.0395. The quantitative estimate of drug-likeness (QED) is 0.461. The van der Waals surface area contributed by atoms with Crippen LogP contribution in [0.5, 0.6) is 11.5 Å². The molecule has 1 aliphatic heterocycles. The van der Waals surface area contributed by atoms with E-state index in [-0.39, 0.29) is 24.3 Å². The molecule has 0 fully saturated rings. The number of rotatable bonds is 7. The molecule has 5 heteroatoms. The Labute approximate surface area is 182 Å². The molecule has 3 aromatic rings. The van der Waals surface area contributed by atoms with Gasteiger partial charge in [0.25, 0.3) is 0 Å². The maximum absolute atomic E-state index is 14.1. The van der Waals surface area contributed by atoms with Crippen molar-refractivity contribution in [3.63, 3.8) is 0 Å². The van der Waals surface area contributed by atoms with Crippen molar-refractivity contribution in [1.82, 2.24) is 4.90 Å². The van der Waals surface area contributed by atoms with Gasteiger partial charge in [0.05, 0.1) is 0 Å². The predicted molar refractivity (Wildman–Crippen MR) is 117 cm³/mol. The number of carbonyl (C=O) groups is 1. The molecule has 4 nitrogen and oxygen atoms in total. The zero-order valence-electron chi connectivity index (χ0n) is 17.8. The van der Waals surface area contributed by atoms with E-state index in [2.05, 4.69) is 0 Å². The number of esters is 1. The topological polar surface area (TPSA) is 38.8 Å². The molecule has 1 atom stereocenters. The van der Waals surface area contributed by atoms with Gasteiger partial charge in [-0.2, -0.15) is 0 Å². The Morgan fingerprint density at radius 3 is 2.45 bits per heavy atom. The van der Waals surface area contributed by atoms with Gasteiger partial charge in [-0.25, -0.2) is 4.39 Å². The van der Waals surface area contributed by atoms with Crippen molar-refractivity contribution in [1.29, 1.82) is 0 Å². The number of ether oxygens (including phenoxy) is 2. The Kier molecular flexibility index (Phi) is 6.33. The number of hydrogen-bond donors (Lipinski definition) is 0. The number of carbonyl (C=O) groups excluding carboxylic acids is 1. The van der Waals surface area contributed by atoms with Crippen molar-refractivity contribution in [3.05, 3.63) is 95.3 Å². The lowest BCUT2D eigenvalue weighted by molar-refractivity contribution is -0.153. The fourth-order valence-corrected chi connectivity index (χ4v) is 4.01. The molecule has 1 unspecified atom stereocenters. The smallest absolute Gasteiger partial charge is 0.323 e. The summed E-state index contributed by atoms with van der Waals surface area (Å²) in [6.07, 6.45) is 0. The van der Waals surface area contributed by atoms with Crippen LogP contribution in [0.4, 0.5) is 4.39 Å². The van der Waals surface area contributed by atoms with Crippen molar-refractivity contribution in [2.75, 3.05) is 0 Å². The van der Waals surface area contributed by atoms with Crippen LogP contribution in [0.1, 0.15) is 30.5 Å². The first kappa shape index (κ1) is 21.1. The lowest BCUT2D eigenvalue weighted by Gasteiger charge is -2.28. The van der Waals surface area contributed by atoms with Gasteiger partial charge in [-0.1, -0.05) is 56.3 Å². The van der Waals surface area contributed by atoms with E-state index in [1.54, 1.807) is 6.07 Å². The molecule has 31 heavy (non-hydrogen) atoms. The van der Waals surface area contributed by atoms with Crippen molar-refractivity contribution < 1.29 is 18.7 Å². The van der Waals surface area contributed by atoms with E-state index in [9.17, 15) is 9.18 Å². The maximum Gasteiger partial charge on any atom is 0.323 e. The third kappa shape index (κ3) is 4.94. The average molecular weight is 419 g/mol. The van der Waals surface area contributed by atoms with Gasteiger partial charge < -0.3 is 9.47 Å². The zero-order chi connectivity index (χ0) is 21.8. The molecular formula is C26H26FNO3. The molecule has 0 bridgehead atoms. The summed E-state index contributed by atoms with van der Waals surface area (Å²) >= 11 is 0. The number of fused-ring (bicyclic) bond motifs is 1. The van der Waals surface area contributed by atoms with Crippen molar-refractivity contribution in [2.24, 2.45) is 5.92 Å². The Bertz CT molecular complexity index is 1050. The number of halogens is 1. The number of hydrogen-bond acceptors (Lipinski definition) is 4. The van der Waals surface area contributed by atoms with Gasteiger partial charge in [-0.05, 0) is 47.4 Å². The lowest BCUT2D eigenvalue weighted by atomic mass is 10.0. The molecule has 0 radical (unpaired) electrons. The third-order valence-electron chi connectivity index (χ3n) is 5.48. The SMILES string of the molecule is CC(C)C(C(=O)OCc1cccc(Oc2ccccc2)c1)N1Cc2cccc(F)c2C1. The maximum atomic E-state index is 14.1. The summed E-state index contributed by atoms with van der Waals surface area (Å²) in [4.78, 5) is 15.0. The summed E-state index contributed by atoms with van der Waals surface area (Å²) in [5, 5.41) is 0. The van der Waals surface area contributed by atoms with Crippen LogP contribution in [-0.4, -0.2) is 16.9 Å². The second-order valence-corrected chi connectivity index (χ2v) is 8.14. The molecule has 0 aliphatic carbocycles. The summed E-state index contributed by atoms with van der Waals surface area (Å²) in [6, 6.07) is 21.7. The third-order valence-corrected chi connectivity index (χ3v) is 5.48. The molecule has 0 saturated heterocycles. The molecule has 0 spiro atoms. The fraction of sp³-hybridized carbons (Fsp3) is 0.269. The van der Waals surface area contributed by atoms with Gasteiger partial charge in [-0.3, -0.25) is 9.69 Å². The molecule has 0 amide bonds. The van der Waals surface area contributed by atoms with Crippen LogP contribution in [0, 0.1) is 11.7 Å². The molecule has 1 aliphatic rings. The summed E-state index contributed by atoms with van der Waals surface area (Å²) in [5.74, 6) is 0.962. The second kappa shape index (κ2) is 9.31. The normalized spacial score (nSPS) is 14.3. The minimum atomic E-state index is -0.435. The Morgan fingerprint density at radius 1 is 0.968 bits per heavy atom. The first-order chi connectivity index (χ1) is 15.0. The lowest BCUT2D eigenvalue weighted by Crippen LogP contribution is -2.42. The molecule has 160 valence electrons. The fourth-order valence-electron chi connectivity index (χ4n) is 4.01. The van der Waals surface area contributed by atoms with Gasteiger partial charge in [0.2, 0.25) is 0 Å². The van der Waals surface area contributed by atoms with E-state index in [4.69, 9.17) is 9.47 Å². The van der Waals surface area contributed by atoms with E-state index < -0.39 is 6.04 Å². The van der Waals surface area contributed by atoms with Crippen LogP contribution >= 0.6 is 0 Å². The van der Waals surface area contributed by atoms with Crippen LogP contribution in [0.3, 0.4) is 0 Å². The van der Waals surface area contributed by atoms with E-state index in [1.165, 1.54) is 6.07 Å². The highest BCUT2D eigenvalue weighted by molar-refractivity contribution is 5.76. The highest BCUT2D eigenvalue weighted by Gasteiger charge is 2.35. The van der Waals surface area contributed by atoms with E-state index in [1.807, 2.05) is 79.4 Å². The van der Waals surface area contributed by atoms with Gasteiger partial charge >= 0.3 is 5.97 Å². The number of nitrogens with zero attached hydrogens (tertiary/aromatic N) is 1. The first-order valence-electron chi connectivity index (χ1n) is 10.5. The van der Waals surface area contributed by atoms with Gasteiger partial charge in [-0.15, -0.1) is 0 Å². The standard InChI is InChI=1S/C26H26FNO3/c1-18(2)25(28-15-20-9-7-13-24(27)23(20)16-28)26(29)30-17-19-8-6-12-22(14-19)31-21-10-4-3-5-11-21/h3-14,18,25H,15-17H2,1-2H3. The van der Waals surface area contributed by atoms with E-state index in [0.717, 1.165) is 16.9 Å². The van der Waals surface area contributed by atoms with Crippen LogP contribution < -0.4 is 4.74 Å². The summed E-state index contributed by atoms with van der Waals surface area (Å²) in [6.45, 7) is 5.09. The first-order valence-corrected chi connectivity index (χ1v) is 10.5. The molecule has 0 N–H and O–H groups in total. The molecular weight excluding hydrogens is 393 g/mol. The predicted octanol–water partition coefficient (Wildman–Crippen LogP) is 5.70. The number of benzene rings is 3. The van der Waals surface area contributed by atoms with Gasteiger partial charge in [0, 0.05) is 18.7 Å². The minimum Gasteiger partial charge on any atom is -0.460 e. The van der Waals surface area contributed by atoms with Crippen molar-refractivity contribution in [2.45, 2.75) is 39.6 Å². The number of para-hydroxylation sites is 1. The Hall–Kier alpha value is -3.18. The molecule has 0 saturated carbocycles. The zero-order valence-corrected chi connectivity index (χ0v) is 17.8.